The maximum atomic E-state index is 9.65. The molecule has 102 valence electrons. The number of fused-ring (bicyclic) bond motifs is 1. The minimum absolute atomic E-state index is 0.216. The van der Waals surface area contributed by atoms with Gasteiger partial charge < -0.3 is 20.1 Å². The average molecular weight is 262 g/mol. The molecule has 2 aromatic carbocycles. The predicted molar refractivity (Wildman–Crippen MR) is 73.4 cm³/mol. The summed E-state index contributed by atoms with van der Waals surface area (Å²) in [5.41, 5.74) is -1.12. The van der Waals surface area contributed by atoms with Gasteiger partial charge in [-0.2, -0.15) is 0 Å². The Morgan fingerprint density at radius 2 is 1.84 bits per heavy atom. The van der Waals surface area contributed by atoms with Crippen molar-refractivity contribution in [2.45, 2.75) is 18.9 Å². The lowest BCUT2D eigenvalue weighted by atomic mass is 10.1. The van der Waals surface area contributed by atoms with Gasteiger partial charge in [0.2, 0.25) is 0 Å². The molecule has 4 nitrogen and oxygen atoms in total. The van der Waals surface area contributed by atoms with E-state index in [-0.39, 0.29) is 12.4 Å². The van der Waals surface area contributed by atoms with Crippen LogP contribution in [-0.2, 0) is 0 Å². The molecule has 0 aliphatic heterocycles. The summed E-state index contributed by atoms with van der Waals surface area (Å²) in [6, 6.07) is 10.7. The highest BCUT2D eigenvalue weighted by atomic mass is 16.5. The number of aliphatic hydroxyl groups excluding tert-OH is 1. The second kappa shape index (κ2) is 5.47. The molecule has 4 heteroatoms. The molecule has 0 unspecified atom stereocenters. The van der Waals surface area contributed by atoms with Gasteiger partial charge in [0.05, 0.1) is 18.8 Å². The van der Waals surface area contributed by atoms with Gasteiger partial charge in [0, 0.05) is 6.42 Å². The fourth-order valence-corrected chi connectivity index (χ4v) is 1.77. The highest BCUT2D eigenvalue weighted by molar-refractivity contribution is 5.85. The van der Waals surface area contributed by atoms with Gasteiger partial charge in [-0.05, 0) is 42.0 Å². The summed E-state index contributed by atoms with van der Waals surface area (Å²) in [7, 11) is 0. The number of rotatable bonds is 5. The summed E-state index contributed by atoms with van der Waals surface area (Å²) in [5, 5.41) is 29.9. The van der Waals surface area contributed by atoms with Crippen LogP contribution in [0.25, 0.3) is 10.8 Å². The first-order valence-corrected chi connectivity index (χ1v) is 6.19. The first-order valence-electron chi connectivity index (χ1n) is 6.19. The number of hydrogen-bond donors (Lipinski definition) is 3. The smallest absolute Gasteiger partial charge is 0.119 e. The molecule has 0 saturated heterocycles. The summed E-state index contributed by atoms with van der Waals surface area (Å²) in [6.07, 6.45) is 0.349. The molecule has 3 N–H and O–H groups in total. The first-order chi connectivity index (χ1) is 9.00. The van der Waals surface area contributed by atoms with Crippen LogP contribution >= 0.6 is 0 Å². The number of phenolic OH excluding ortho intramolecular Hbond substituents is 1. The zero-order valence-corrected chi connectivity index (χ0v) is 10.8. The quantitative estimate of drug-likeness (QED) is 0.771. The topological polar surface area (TPSA) is 69.9 Å². The number of aromatic hydroxyl groups is 1. The van der Waals surface area contributed by atoms with Crippen LogP contribution in [0.4, 0.5) is 0 Å². The standard InChI is InChI=1S/C15H18O4/c1-15(18,10-16)6-7-19-14-5-3-11-2-4-13(17)8-12(11)9-14/h2-5,8-9,16-18H,6-7,10H2,1H3/t15-/m1/s1. The van der Waals surface area contributed by atoms with Crippen LogP contribution in [0.1, 0.15) is 13.3 Å². The van der Waals surface area contributed by atoms with Crippen molar-refractivity contribution in [3.63, 3.8) is 0 Å². The Labute approximate surface area is 111 Å². The molecule has 2 aromatic rings. The molecule has 2 rings (SSSR count). The van der Waals surface area contributed by atoms with Crippen LogP contribution in [0.3, 0.4) is 0 Å². The Balaban J connectivity index is 2.05. The van der Waals surface area contributed by atoms with Crippen LogP contribution in [0.2, 0.25) is 0 Å². The Morgan fingerprint density at radius 3 is 2.58 bits per heavy atom. The monoisotopic (exact) mass is 262 g/mol. The van der Waals surface area contributed by atoms with E-state index >= 15 is 0 Å². The van der Waals surface area contributed by atoms with Crippen LogP contribution in [-0.4, -0.2) is 34.1 Å². The van der Waals surface area contributed by atoms with Crippen molar-refractivity contribution in [1.29, 1.82) is 0 Å². The molecule has 19 heavy (non-hydrogen) atoms. The van der Waals surface area contributed by atoms with Gasteiger partial charge in [-0.15, -0.1) is 0 Å². The van der Waals surface area contributed by atoms with Crippen molar-refractivity contribution in [3.05, 3.63) is 36.4 Å². The lowest BCUT2D eigenvalue weighted by Crippen LogP contribution is -2.30. The summed E-state index contributed by atoms with van der Waals surface area (Å²) >= 11 is 0. The Kier molecular flexibility index (Phi) is 3.93. The summed E-state index contributed by atoms with van der Waals surface area (Å²) < 4.78 is 5.54. The predicted octanol–water partition coefficient (Wildman–Crippen LogP) is 2.06. The van der Waals surface area contributed by atoms with Crippen molar-refractivity contribution in [1.82, 2.24) is 0 Å². The van der Waals surface area contributed by atoms with Crippen molar-refractivity contribution in [2.24, 2.45) is 0 Å². The molecule has 0 saturated carbocycles. The van der Waals surface area contributed by atoms with E-state index in [0.717, 1.165) is 10.8 Å². The number of hydrogen-bond acceptors (Lipinski definition) is 4. The Hall–Kier alpha value is -1.78. The van der Waals surface area contributed by atoms with Gasteiger partial charge in [-0.25, -0.2) is 0 Å². The number of benzene rings is 2. The molecular weight excluding hydrogens is 244 g/mol. The highest BCUT2D eigenvalue weighted by Gasteiger charge is 2.18. The summed E-state index contributed by atoms with van der Waals surface area (Å²) in [4.78, 5) is 0. The number of phenols is 1. The minimum Gasteiger partial charge on any atom is -0.508 e. The lowest BCUT2D eigenvalue weighted by molar-refractivity contribution is -0.0139. The molecule has 0 aliphatic carbocycles. The Morgan fingerprint density at radius 1 is 1.11 bits per heavy atom. The third-order valence-corrected chi connectivity index (χ3v) is 3.05. The fraction of sp³-hybridized carbons (Fsp3) is 0.333. The van der Waals surface area contributed by atoms with Gasteiger partial charge in [-0.1, -0.05) is 12.1 Å². The molecule has 1 atom stereocenters. The fourth-order valence-electron chi connectivity index (χ4n) is 1.77. The van der Waals surface area contributed by atoms with E-state index in [1.807, 2.05) is 24.3 Å². The van der Waals surface area contributed by atoms with E-state index < -0.39 is 5.60 Å². The van der Waals surface area contributed by atoms with Crippen molar-refractivity contribution in [3.8, 4) is 11.5 Å². The zero-order chi connectivity index (χ0) is 13.9. The van der Waals surface area contributed by atoms with Gasteiger partial charge in [-0.3, -0.25) is 0 Å². The molecule has 0 spiro atoms. The lowest BCUT2D eigenvalue weighted by Gasteiger charge is -2.20. The molecule has 0 aliphatic rings. The SMILES string of the molecule is C[C@](O)(CO)CCOc1ccc2ccc(O)cc2c1. The average Bonchev–Trinajstić information content (AvgIpc) is 2.38. The summed E-state index contributed by atoms with van der Waals surface area (Å²) in [6.45, 7) is 1.59. The van der Waals surface area contributed by atoms with Gasteiger partial charge in [0.25, 0.3) is 0 Å². The van der Waals surface area contributed by atoms with Crippen molar-refractivity contribution >= 4 is 10.8 Å². The number of aliphatic hydroxyl groups is 2. The van der Waals surface area contributed by atoms with E-state index in [2.05, 4.69) is 0 Å². The zero-order valence-electron chi connectivity index (χ0n) is 10.8. The summed E-state index contributed by atoms with van der Waals surface area (Å²) in [5.74, 6) is 0.889. The van der Waals surface area contributed by atoms with Crippen LogP contribution in [0.5, 0.6) is 11.5 Å². The molecular formula is C15H18O4. The van der Waals surface area contributed by atoms with Gasteiger partial charge in [0.1, 0.15) is 11.5 Å². The first kappa shape index (κ1) is 13.6. The Bertz CT molecular complexity index is 563. The maximum Gasteiger partial charge on any atom is 0.119 e. The van der Waals surface area contributed by atoms with E-state index in [1.165, 1.54) is 0 Å². The minimum atomic E-state index is -1.12. The van der Waals surface area contributed by atoms with E-state index in [9.17, 15) is 10.2 Å². The second-order valence-electron chi connectivity index (χ2n) is 4.95. The van der Waals surface area contributed by atoms with Gasteiger partial charge in [0.15, 0.2) is 0 Å². The third kappa shape index (κ3) is 3.59. The molecule has 0 amide bonds. The molecule has 0 radical (unpaired) electrons. The molecule has 0 aromatic heterocycles. The van der Waals surface area contributed by atoms with Crippen molar-refractivity contribution in [2.75, 3.05) is 13.2 Å². The normalized spacial score (nSPS) is 14.3. The third-order valence-electron chi connectivity index (χ3n) is 3.05. The highest BCUT2D eigenvalue weighted by Crippen LogP contribution is 2.24. The van der Waals surface area contributed by atoms with E-state index in [4.69, 9.17) is 9.84 Å². The van der Waals surface area contributed by atoms with Gasteiger partial charge >= 0.3 is 0 Å². The second-order valence-corrected chi connectivity index (χ2v) is 4.95. The van der Waals surface area contributed by atoms with E-state index in [1.54, 1.807) is 19.1 Å². The van der Waals surface area contributed by atoms with E-state index in [0.29, 0.717) is 18.8 Å². The number of ether oxygens (including phenoxy) is 1. The molecule has 0 heterocycles. The molecule has 0 fully saturated rings. The van der Waals surface area contributed by atoms with Crippen LogP contribution in [0, 0.1) is 0 Å². The van der Waals surface area contributed by atoms with Crippen molar-refractivity contribution < 1.29 is 20.1 Å². The van der Waals surface area contributed by atoms with Crippen LogP contribution in [0.15, 0.2) is 36.4 Å². The molecule has 0 bridgehead atoms. The van der Waals surface area contributed by atoms with Crippen LogP contribution < -0.4 is 4.74 Å². The largest absolute Gasteiger partial charge is 0.508 e. The maximum absolute atomic E-state index is 9.65.